The lowest BCUT2D eigenvalue weighted by atomic mass is 10.2. The summed E-state index contributed by atoms with van der Waals surface area (Å²) in [5.74, 6) is -1.28. The van der Waals surface area contributed by atoms with E-state index in [-0.39, 0.29) is 9.79 Å². The molecule has 1 aromatic heterocycles. The Morgan fingerprint density at radius 2 is 1.86 bits per heavy atom. The summed E-state index contributed by atoms with van der Waals surface area (Å²) in [7, 11) is 2.87. The molecule has 2 N–H and O–H groups in total. The molecule has 0 spiro atoms. The van der Waals surface area contributed by atoms with Crippen LogP contribution in [0.3, 0.4) is 0 Å². The van der Waals surface area contributed by atoms with Gasteiger partial charge in [0.25, 0.3) is 11.5 Å². The van der Waals surface area contributed by atoms with Crippen molar-refractivity contribution in [2.45, 2.75) is 0 Å². The average Bonchev–Trinajstić information content (AvgIpc) is 2.47. The van der Waals surface area contributed by atoms with Gasteiger partial charge in [-0.25, -0.2) is 0 Å². The highest BCUT2D eigenvalue weighted by Crippen LogP contribution is 2.25. The molecule has 1 heterocycles. The molecule has 6 nitrogen and oxygen atoms in total. The number of amides is 1. The predicted molar refractivity (Wildman–Crippen MR) is 87.6 cm³/mol. The van der Waals surface area contributed by atoms with E-state index in [9.17, 15) is 14.7 Å². The van der Waals surface area contributed by atoms with Gasteiger partial charge in [-0.3, -0.25) is 18.7 Å². The molecule has 0 fully saturated rings. The van der Waals surface area contributed by atoms with Crippen LogP contribution in [0.15, 0.2) is 23.0 Å². The number of carbonyl (C=O) groups excluding carboxylic acids is 1. The van der Waals surface area contributed by atoms with Crippen molar-refractivity contribution in [2.75, 3.05) is 5.32 Å². The van der Waals surface area contributed by atoms with Gasteiger partial charge in [0.2, 0.25) is 5.88 Å². The highest BCUT2D eigenvalue weighted by atomic mass is 35.5. The molecule has 0 aliphatic heterocycles. The zero-order valence-corrected chi connectivity index (χ0v) is 13.9. The Morgan fingerprint density at radius 3 is 2.45 bits per heavy atom. The predicted octanol–water partition coefficient (Wildman–Crippen LogP) is 2.72. The van der Waals surface area contributed by atoms with Crippen LogP contribution >= 0.6 is 35.4 Å². The van der Waals surface area contributed by atoms with Crippen LogP contribution in [0.1, 0.15) is 10.4 Å². The van der Waals surface area contributed by atoms with Crippen molar-refractivity contribution in [2.24, 2.45) is 14.1 Å². The van der Waals surface area contributed by atoms with Crippen LogP contribution in [0.25, 0.3) is 0 Å². The molecular weight excluding hydrogens is 349 g/mol. The smallest absolute Gasteiger partial charge is 0.270 e. The van der Waals surface area contributed by atoms with Crippen molar-refractivity contribution in [1.29, 1.82) is 0 Å². The second kappa shape index (κ2) is 6.12. The zero-order chi connectivity index (χ0) is 16.6. The average molecular weight is 360 g/mol. The lowest BCUT2D eigenvalue weighted by Crippen LogP contribution is -2.30. The fraction of sp³-hybridized carbons (Fsp3) is 0.154. The van der Waals surface area contributed by atoms with E-state index in [0.717, 1.165) is 4.57 Å². The molecule has 1 amide bonds. The lowest BCUT2D eigenvalue weighted by Gasteiger charge is -2.12. The molecule has 0 aliphatic rings. The third kappa shape index (κ3) is 2.87. The van der Waals surface area contributed by atoms with Gasteiger partial charge in [-0.1, -0.05) is 23.2 Å². The van der Waals surface area contributed by atoms with Gasteiger partial charge < -0.3 is 10.4 Å². The normalized spacial score (nSPS) is 10.5. The summed E-state index contributed by atoms with van der Waals surface area (Å²) in [6.45, 7) is 0. The minimum Gasteiger partial charge on any atom is -0.494 e. The minimum absolute atomic E-state index is 0.0913. The number of nitrogens with zero attached hydrogens (tertiary/aromatic N) is 2. The molecule has 116 valence electrons. The number of aromatic hydroxyl groups is 1. The number of anilines is 1. The van der Waals surface area contributed by atoms with E-state index >= 15 is 0 Å². The zero-order valence-electron chi connectivity index (χ0n) is 11.6. The van der Waals surface area contributed by atoms with Crippen LogP contribution in [0, 0.1) is 4.77 Å². The fourth-order valence-electron chi connectivity index (χ4n) is 1.80. The van der Waals surface area contributed by atoms with Gasteiger partial charge in [0.1, 0.15) is 0 Å². The SMILES string of the molecule is Cn1c(O)c(C(=O)Nc2ccc(Cl)c(Cl)c2)c(=O)n(C)c1=S. The van der Waals surface area contributed by atoms with Gasteiger partial charge in [-0.05, 0) is 30.4 Å². The molecule has 0 radical (unpaired) electrons. The number of benzene rings is 1. The number of hydrogen-bond donors (Lipinski definition) is 2. The van der Waals surface area contributed by atoms with E-state index in [4.69, 9.17) is 35.4 Å². The molecule has 22 heavy (non-hydrogen) atoms. The molecule has 0 unspecified atom stereocenters. The standard InChI is InChI=1S/C13H11Cl2N3O3S/c1-17-11(20)9(12(21)18(2)13(17)22)10(19)16-6-3-4-7(14)8(15)5-6/h3-5,20H,1-2H3,(H,16,19). The second-order valence-corrected chi connectivity index (χ2v) is 5.67. The molecule has 0 bridgehead atoms. The largest absolute Gasteiger partial charge is 0.494 e. The summed E-state index contributed by atoms with van der Waals surface area (Å²) in [6.07, 6.45) is 0. The van der Waals surface area contributed by atoms with E-state index in [0.29, 0.717) is 10.7 Å². The topological polar surface area (TPSA) is 76.3 Å². The Bertz CT molecular complexity index is 889. The van der Waals surface area contributed by atoms with Crippen LogP contribution < -0.4 is 10.9 Å². The second-order valence-electron chi connectivity index (χ2n) is 4.49. The summed E-state index contributed by atoms with van der Waals surface area (Å²) in [5.41, 5.74) is -0.770. The Kier molecular flexibility index (Phi) is 4.60. The summed E-state index contributed by atoms with van der Waals surface area (Å²) >= 11 is 16.6. The summed E-state index contributed by atoms with van der Waals surface area (Å²) in [6, 6.07) is 4.46. The molecule has 0 atom stereocenters. The monoisotopic (exact) mass is 359 g/mol. The highest BCUT2D eigenvalue weighted by molar-refractivity contribution is 7.71. The van der Waals surface area contributed by atoms with Crippen molar-refractivity contribution in [3.05, 3.63) is 48.9 Å². The maximum atomic E-state index is 12.3. The van der Waals surface area contributed by atoms with Gasteiger partial charge in [-0.15, -0.1) is 0 Å². The van der Waals surface area contributed by atoms with Gasteiger partial charge in [0, 0.05) is 19.8 Å². The highest BCUT2D eigenvalue weighted by Gasteiger charge is 2.21. The van der Waals surface area contributed by atoms with Gasteiger partial charge in [-0.2, -0.15) is 0 Å². The van der Waals surface area contributed by atoms with Crippen LogP contribution in [0.2, 0.25) is 10.0 Å². The Balaban J connectivity index is 2.49. The first kappa shape index (κ1) is 16.5. The summed E-state index contributed by atoms with van der Waals surface area (Å²) in [4.78, 5) is 24.4. The molecule has 9 heteroatoms. The van der Waals surface area contributed by atoms with Crippen molar-refractivity contribution in [3.63, 3.8) is 0 Å². The maximum Gasteiger partial charge on any atom is 0.270 e. The van der Waals surface area contributed by atoms with Crippen LogP contribution in [-0.2, 0) is 14.1 Å². The van der Waals surface area contributed by atoms with Gasteiger partial charge >= 0.3 is 0 Å². The number of aromatic nitrogens is 2. The van der Waals surface area contributed by atoms with Crippen LogP contribution in [-0.4, -0.2) is 20.1 Å². The van der Waals surface area contributed by atoms with E-state index in [1.165, 1.54) is 36.9 Å². The number of rotatable bonds is 2. The van der Waals surface area contributed by atoms with Crippen molar-refractivity contribution in [1.82, 2.24) is 9.13 Å². The summed E-state index contributed by atoms with van der Waals surface area (Å²) < 4.78 is 2.35. The number of nitrogens with one attached hydrogen (secondary N) is 1. The molecule has 0 aliphatic carbocycles. The maximum absolute atomic E-state index is 12.3. The first-order valence-electron chi connectivity index (χ1n) is 5.99. The molecule has 1 aromatic carbocycles. The lowest BCUT2D eigenvalue weighted by molar-refractivity contribution is 0.102. The molecule has 2 aromatic rings. The first-order chi connectivity index (χ1) is 10.2. The van der Waals surface area contributed by atoms with Crippen LogP contribution in [0.4, 0.5) is 5.69 Å². The Morgan fingerprint density at radius 1 is 1.23 bits per heavy atom. The first-order valence-corrected chi connectivity index (χ1v) is 7.16. The molecule has 2 rings (SSSR count). The molecule has 0 saturated carbocycles. The van der Waals surface area contributed by atoms with E-state index in [1.807, 2.05) is 0 Å². The van der Waals surface area contributed by atoms with E-state index < -0.39 is 22.9 Å². The van der Waals surface area contributed by atoms with Crippen molar-refractivity contribution in [3.8, 4) is 5.88 Å². The molecular formula is C13H11Cl2N3O3S. The Labute approximate surface area is 140 Å². The number of carbonyl (C=O) groups is 1. The molecule has 0 saturated heterocycles. The van der Waals surface area contributed by atoms with Crippen molar-refractivity contribution >= 4 is 47.0 Å². The fourth-order valence-corrected chi connectivity index (χ4v) is 2.27. The Hall–Kier alpha value is -1.83. The van der Waals surface area contributed by atoms with E-state index in [1.54, 1.807) is 0 Å². The van der Waals surface area contributed by atoms with E-state index in [2.05, 4.69) is 5.32 Å². The third-order valence-corrected chi connectivity index (χ3v) is 4.32. The van der Waals surface area contributed by atoms with Crippen LogP contribution in [0.5, 0.6) is 5.88 Å². The van der Waals surface area contributed by atoms with Gasteiger partial charge in [0.05, 0.1) is 10.0 Å². The third-order valence-electron chi connectivity index (χ3n) is 3.04. The summed E-state index contributed by atoms with van der Waals surface area (Å²) in [5, 5.41) is 13.1. The number of hydrogen-bond acceptors (Lipinski definition) is 4. The van der Waals surface area contributed by atoms with Crippen molar-refractivity contribution < 1.29 is 9.90 Å². The quantitative estimate of drug-likeness (QED) is 0.808. The minimum atomic E-state index is -0.776. The van der Waals surface area contributed by atoms with Gasteiger partial charge in [0.15, 0.2) is 10.3 Å². The number of halogens is 2.